The molecule has 1 atom stereocenters. The molecule has 0 saturated heterocycles. The summed E-state index contributed by atoms with van der Waals surface area (Å²) in [4.78, 5) is 4.56. The van der Waals surface area contributed by atoms with Gasteiger partial charge in [0, 0.05) is 18.2 Å². The molecule has 7 nitrogen and oxygen atoms in total. The van der Waals surface area contributed by atoms with Crippen molar-refractivity contribution in [2.45, 2.75) is 26.0 Å². The summed E-state index contributed by atoms with van der Waals surface area (Å²) >= 11 is 0. The summed E-state index contributed by atoms with van der Waals surface area (Å²) in [7, 11) is 3.23. The van der Waals surface area contributed by atoms with E-state index in [9.17, 15) is 5.11 Å². The molecule has 1 unspecified atom stereocenters. The molecule has 0 aliphatic carbocycles. The Balaban J connectivity index is 0.00000364. The molecule has 0 amide bonds. The lowest BCUT2D eigenvalue weighted by molar-refractivity contribution is 0.0386. The molecule has 150 valence electrons. The van der Waals surface area contributed by atoms with Crippen molar-refractivity contribution in [3.63, 3.8) is 0 Å². The average molecular weight is 489 g/mol. The average Bonchev–Trinajstić information content (AvgIpc) is 3.19. The zero-order valence-corrected chi connectivity index (χ0v) is 18.4. The Labute approximate surface area is 177 Å². The Hall–Kier alpha value is -1.94. The van der Waals surface area contributed by atoms with Crippen molar-refractivity contribution in [1.29, 1.82) is 0 Å². The summed E-state index contributed by atoms with van der Waals surface area (Å²) in [6.45, 7) is 5.05. The van der Waals surface area contributed by atoms with Gasteiger partial charge in [-0.1, -0.05) is 0 Å². The summed E-state index contributed by atoms with van der Waals surface area (Å²) in [5, 5.41) is 16.8. The molecule has 0 fully saturated rings. The molecular weight excluding hydrogens is 461 g/mol. The van der Waals surface area contributed by atoms with Crippen molar-refractivity contribution >= 4 is 29.9 Å². The fourth-order valence-electron chi connectivity index (χ4n) is 2.42. The second-order valence-corrected chi connectivity index (χ2v) is 5.98. The third-order valence-corrected chi connectivity index (χ3v) is 3.90. The first kappa shape index (κ1) is 23.1. The van der Waals surface area contributed by atoms with Gasteiger partial charge in [0.15, 0.2) is 5.96 Å². The third kappa shape index (κ3) is 6.62. The standard InChI is InChI=1S/C19H27N3O4.HI/c1-5-20-18(22-13-19(2,23)17-7-6-10-26-17)21-12-14-8-9-15(24-3)11-16(14)25-4;/h6-11,23H,5,12-13H2,1-4H3,(H2,20,21,22);1H. The van der Waals surface area contributed by atoms with Crippen molar-refractivity contribution in [1.82, 2.24) is 10.6 Å². The maximum absolute atomic E-state index is 10.5. The summed E-state index contributed by atoms with van der Waals surface area (Å²) in [6, 6.07) is 9.11. The minimum absolute atomic E-state index is 0. The van der Waals surface area contributed by atoms with Crippen LogP contribution >= 0.6 is 24.0 Å². The molecule has 27 heavy (non-hydrogen) atoms. The summed E-state index contributed by atoms with van der Waals surface area (Å²) in [6.07, 6.45) is 1.54. The molecule has 0 radical (unpaired) electrons. The lowest BCUT2D eigenvalue weighted by Gasteiger charge is -2.22. The fraction of sp³-hybridized carbons (Fsp3) is 0.421. The van der Waals surface area contributed by atoms with Crippen LogP contribution in [0.15, 0.2) is 46.0 Å². The van der Waals surface area contributed by atoms with Gasteiger partial charge in [0.2, 0.25) is 0 Å². The number of furan rings is 1. The molecule has 0 spiro atoms. The Morgan fingerprint density at radius 3 is 2.59 bits per heavy atom. The van der Waals surface area contributed by atoms with Gasteiger partial charge in [0.25, 0.3) is 0 Å². The van der Waals surface area contributed by atoms with Crippen molar-refractivity contribution in [3.05, 3.63) is 47.9 Å². The van der Waals surface area contributed by atoms with E-state index >= 15 is 0 Å². The molecule has 3 N–H and O–H groups in total. The van der Waals surface area contributed by atoms with Crippen LogP contribution in [-0.4, -0.2) is 38.4 Å². The largest absolute Gasteiger partial charge is 0.497 e. The summed E-state index contributed by atoms with van der Waals surface area (Å²) < 4.78 is 15.9. The van der Waals surface area contributed by atoms with Crippen LogP contribution < -0.4 is 20.1 Å². The third-order valence-electron chi connectivity index (χ3n) is 3.90. The Morgan fingerprint density at radius 1 is 1.22 bits per heavy atom. The van der Waals surface area contributed by atoms with E-state index < -0.39 is 5.60 Å². The number of nitrogens with zero attached hydrogens (tertiary/aromatic N) is 1. The Morgan fingerprint density at radius 2 is 2.00 bits per heavy atom. The molecule has 1 heterocycles. The van der Waals surface area contributed by atoms with Crippen LogP contribution in [0.5, 0.6) is 11.5 Å². The monoisotopic (exact) mass is 489 g/mol. The molecule has 1 aromatic heterocycles. The summed E-state index contributed by atoms with van der Waals surface area (Å²) in [5.41, 5.74) is -0.208. The van der Waals surface area contributed by atoms with E-state index in [1.54, 1.807) is 39.5 Å². The molecule has 8 heteroatoms. The van der Waals surface area contributed by atoms with Gasteiger partial charge in [0.1, 0.15) is 22.9 Å². The van der Waals surface area contributed by atoms with E-state index in [4.69, 9.17) is 13.9 Å². The highest BCUT2D eigenvalue weighted by atomic mass is 127. The maximum Gasteiger partial charge on any atom is 0.191 e. The first-order chi connectivity index (χ1) is 12.5. The van der Waals surface area contributed by atoms with Gasteiger partial charge in [-0.15, -0.1) is 24.0 Å². The number of ether oxygens (including phenoxy) is 2. The van der Waals surface area contributed by atoms with E-state index in [-0.39, 0.29) is 30.5 Å². The molecule has 2 rings (SSSR count). The molecule has 0 bridgehead atoms. The number of aliphatic imine (C=N–C) groups is 1. The molecule has 0 saturated carbocycles. The van der Waals surface area contributed by atoms with Gasteiger partial charge in [-0.3, -0.25) is 0 Å². The van der Waals surface area contributed by atoms with Gasteiger partial charge in [-0.2, -0.15) is 0 Å². The number of halogens is 1. The van der Waals surface area contributed by atoms with Crippen LogP contribution in [0.1, 0.15) is 25.2 Å². The van der Waals surface area contributed by atoms with Crippen molar-refractivity contribution in [2.75, 3.05) is 27.3 Å². The van der Waals surface area contributed by atoms with Crippen LogP contribution in [0.2, 0.25) is 0 Å². The Bertz CT molecular complexity index is 718. The van der Waals surface area contributed by atoms with E-state index in [0.717, 1.165) is 11.3 Å². The van der Waals surface area contributed by atoms with Gasteiger partial charge >= 0.3 is 0 Å². The fourth-order valence-corrected chi connectivity index (χ4v) is 2.42. The van der Waals surface area contributed by atoms with Crippen molar-refractivity contribution in [3.8, 4) is 11.5 Å². The molecule has 2 aromatic rings. The number of nitrogens with one attached hydrogen (secondary N) is 2. The topological polar surface area (TPSA) is 88.3 Å². The quantitative estimate of drug-likeness (QED) is 0.300. The number of hydrogen-bond acceptors (Lipinski definition) is 5. The van der Waals surface area contributed by atoms with Gasteiger partial charge in [0.05, 0.1) is 33.6 Å². The zero-order chi connectivity index (χ0) is 19.0. The lowest BCUT2D eigenvalue weighted by atomic mass is 10.0. The highest BCUT2D eigenvalue weighted by Gasteiger charge is 2.26. The number of guanidine groups is 1. The normalized spacial score (nSPS) is 13.3. The number of hydrogen-bond donors (Lipinski definition) is 3. The second-order valence-electron chi connectivity index (χ2n) is 5.98. The van der Waals surface area contributed by atoms with E-state index in [2.05, 4.69) is 15.6 Å². The van der Waals surface area contributed by atoms with E-state index in [0.29, 0.717) is 30.6 Å². The first-order valence-electron chi connectivity index (χ1n) is 8.49. The van der Waals surface area contributed by atoms with Crippen molar-refractivity contribution < 1.29 is 19.0 Å². The van der Waals surface area contributed by atoms with Crippen LogP contribution in [0.25, 0.3) is 0 Å². The van der Waals surface area contributed by atoms with Gasteiger partial charge < -0.3 is 29.6 Å². The maximum atomic E-state index is 10.5. The number of aliphatic hydroxyl groups is 1. The second kappa shape index (κ2) is 11.0. The smallest absolute Gasteiger partial charge is 0.191 e. The van der Waals surface area contributed by atoms with Crippen LogP contribution in [0.4, 0.5) is 0 Å². The van der Waals surface area contributed by atoms with Gasteiger partial charge in [-0.05, 0) is 38.1 Å². The predicted octanol–water partition coefficient (Wildman–Crippen LogP) is 2.88. The first-order valence-corrected chi connectivity index (χ1v) is 8.49. The van der Waals surface area contributed by atoms with Crippen LogP contribution in [-0.2, 0) is 12.1 Å². The van der Waals surface area contributed by atoms with E-state index in [1.807, 2.05) is 25.1 Å². The highest BCUT2D eigenvalue weighted by Crippen LogP contribution is 2.25. The lowest BCUT2D eigenvalue weighted by Crippen LogP contribution is -2.44. The predicted molar refractivity (Wildman–Crippen MR) is 116 cm³/mol. The molecule has 1 aromatic carbocycles. The summed E-state index contributed by atoms with van der Waals surface area (Å²) in [5.74, 6) is 2.54. The molecule has 0 aliphatic heterocycles. The SMILES string of the molecule is CCNC(=NCc1ccc(OC)cc1OC)NCC(C)(O)c1ccco1.I. The minimum atomic E-state index is -1.14. The zero-order valence-electron chi connectivity index (χ0n) is 16.1. The van der Waals surface area contributed by atoms with Crippen molar-refractivity contribution in [2.24, 2.45) is 4.99 Å². The molecular formula is C19H28IN3O4. The molecule has 0 aliphatic rings. The number of rotatable bonds is 8. The van der Waals surface area contributed by atoms with E-state index in [1.165, 1.54) is 0 Å². The number of benzene rings is 1. The van der Waals surface area contributed by atoms with Crippen LogP contribution in [0, 0.1) is 0 Å². The minimum Gasteiger partial charge on any atom is -0.497 e. The number of methoxy groups -OCH3 is 2. The van der Waals surface area contributed by atoms with Gasteiger partial charge in [-0.25, -0.2) is 4.99 Å². The van der Waals surface area contributed by atoms with Crippen LogP contribution in [0.3, 0.4) is 0 Å². The highest BCUT2D eigenvalue weighted by molar-refractivity contribution is 14.0. The Kier molecular flexibility index (Phi) is 9.44.